The molecule has 0 saturated heterocycles. The quantitative estimate of drug-likeness (QED) is 0.739. The summed E-state index contributed by atoms with van der Waals surface area (Å²) in [5.74, 6) is -0.122. The number of aromatic nitrogens is 1. The highest BCUT2D eigenvalue weighted by molar-refractivity contribution is 5.95. The standard InChI is InChI=1S/C18H13NO3/c20-18(21)13-7-6-12-10-16-14-4-1-2-5-17(14)22-9-3-8-19(16)15(12)11-13/h1-7,9-11H,8H2,(H,20,21). The first kappa shape index (κ1) is 12.7. The SMILES string of the molecule is O=C(O)c1ccc2cc3n(c2c1)CC=COc1ccccc1-3. The molecule has 0 radical (unpaired) electrons. The van der Waals surface area contributed by atoms with Crippen LogP contribution in [0.1, 0.15) is 10.4 Å². The van der Waals surface area contributed by atoms with E-state index in [2.05, 4.69) is 10.6 Å². The molecule has 4 nitrogen and oxygen atoms in total. The summed E-state index contributed by atoms with van der Waals surface area (Å²) >= 11 is 0. The Labute approximate surface area is 126 Å². The number of carboxylic acid groups (broad SMARTS) is 1. The van der Waals surface area contributed by atoms with Crippen LogP contribution in [0.5, 0.6) is 5.75 Å². The smallest absolute Gasteiger partial charge is 0.335 e. The number of para-hydroxylation sites is 1. The summed E-state index contributed by atoms with van der Waals surface area (Å²) in [6, 6.07) is 15.1. The maximum atomic E-state index is 11.2. The fourth-order valence-electron chi connectivity index (χ4n) is 2.86. The molecule has 2 heterocycles. The van der Waals surface area contributed by atoms with Crippen LogP contribution in [-0.2, 0) is 6.54 Å². The molecule has 1 aromatic heterocycles. The van der Waals surface area contributed by atoms with E-state index in [4.69, 9.17) is 4.74 Å². The molecule has 0 aliphatic carbocycles. The first-order valence-corrected chi connectivity index (χ1v) is 7.02. The lowest BCUT2D eigenvalue weighted by atomic mass is 10.1. The van der Waals surface area contributed by atoms with Crippen molar-refractivity contribution in [3.63, 3.8) is 0 Å². The number of fused-ring (bicyclic) bond motifs is 5. The highest BCUT2D eigenvalue weighted by atomic mass is 16.5. The molecule has 0 amide bonds. The van der Waals surface area contributed by atoms with Crippen LogP contribution in [0.15, 0.2) is 60.9 Å². The number of nitrogens with zero attached hydrogens (tertiary/aromatic N) is 1. The number of allylic oxidation sites excluding steroid dienone is 1. The Bertz CT molecular complexity index is 921. The van der Waals surface area contributed by atoms with Gasteiger partial charge in [-0.1, -0.05) is 18.2 Å². The van der Waals surface area contributed by atoms with Gasteiger partial charge < -0.3 is 14.4 Å². The van der Waals surface area contributed by atoms with Crippen molar-refractivity contribution in [2.24, 2.45) is 0 Å². The third kappa shape index (κ3) is 1.89. The lowest BCUT2D eigenvalue weighted by molar-refractivity contribution is 0.0697. The van der Waals surface area contributed by atoms with E-state index in [1.165, 1.54) is 0 Å². The second-order valence-electron chi connectivity index (χ2n) is 5.20. The summed E-state index contributed by atoms with van der Waals surface area (Å²) in [4.78, 5) is 11.2. The van der Waals surface area contributed by atoms with Crippen molar-refractivity contribution in [3.05, 3.63) is 66.4 Å². The molecule has 1 aliphatic heterocycles. The molecular weight excluding hydrogens is 278 g/mol. The molecule has 2 aromatic carbocycles. The molecule has 0 unspecified atom stereocenters. The molecular formula is C18H13NO3. The zero-order valence-corrected chi connectivity index (χ0v) is 11.7. The van der Waals surface area contributed by atoms with E-state index in [0.29, 0.717) is 12.1 Å². The third-order valence-corrected chi connectivity index (χ3v) is 3.89. The average molecular weight is 291 g/mol. The summed E-state index contributed by atoms with van der Waals surface area (Å²) in [7, 11) is 0. The van der Waals surface area contributed by atoms with E-state index in [-0.39, 0.29) is 0 Å². The number of rotatable bonds is 1. The van der Waals surface area contributed by atoms with E-state index < -0.39 is 5.97 Å². The van der Waals surface area contributed by atoms with Crippen molar-refractivity contribution in [1.82, 2.24) is 4.57 Å². The highest BCUT2D eigenvalue weighted by Crippen LogP contribution is 2.35. The Morgan fingerprint density at radius 1 is 1.14 bits per heavy atom. The summed E-state index contributed by atoms with van der Waals surface area (Å²) < 4.78 is 7.77. The maximum absolute atomic E-state index is 11.2. The largest absolute Gasteiger partial charge is 0.478 e. The monoisotopic (exact) mass is 291 g/mol. The molecule has 1 N–H and O–H groups in total. The van der Waals surface area contributed by atoms with Gasteiger partial charge in [0.15, 0.2) is 0 Å². The lowest BCUT2D eigenvalue weighted by Crippen LogP contribution is -2.03. The number of benzene rings is 2. The number of carbonyl (C=O) groups is 1. The van der Waals surface area contributed by atoms with Crippen LogP contribution < -0.4 is 4.74 Å². The molecule has 3 aromatic rings. The van der Waals surface area contributed by atoms with Gasteiger partial charge >= 0.3 is 5.97 Å². The lowest BCUT2D eigenvalue weighted by Gasteiger charge is -2.14. The predicted octanol–water partition coefficient (Wildman–Crippen LogP) is 3.91. The predicted molar refractivity (Wildman–Crippen MR) is 84.1 cm³/mol. The van der Waals surface area contributed by atoms with Crippen LogP contribution in [-0.4, -0.2) is 15.6 Å². The van der Waals surface area contributed by atoms with Crippen molar-refractivity contribution < 1.29 is 14.6 Å². The van der Waals surface area contributed by atoms with Crippen LogP contribution >= 0.6 is 0 Å². The second kappa shape index (κ2) is 4.77. The van der Waals surface area contributed by atoms with Crippen molar-refractivity contribution in [2.75, 3.05) is 0 Å². The van der Waals surface area contributed by atoms with Crippen LogP contribution in [0.25, 0.3) is 22.2 Å². The van der Waals surface area contributed by atoms with Gasteiger partial charge in [-0.15, -0.1) is 0 Å². The Morgan fingerprint density at radius 3 is 2.86 bits per heavy atom. The highest BCUT2D eigenvalue weighted by Gasteiger charge is 2.16. The van der Waals surface area contributed by atoms with Gasteiger partial charge in [0.05, 0.1) is 17.5 Å². The van der Waals surface area contributed by atoms with Gasteiger partial charge in [-0.3, -0.25) is 0 Å². The Kier molecular flexibility index (Phi) is 2.76. The van der Waals surface area contributed by atoms with E-state index in [1.54, 1.807) is 18.4 Å². The number of carboxylic acids is 1. The van der Waals surface area contributed by atoms with Crippen molar-refractivity contribution in [3.8, 4) is 17.0 Å². The van der Waals surface area contributed by atoms with Gasteiger partial charge in [-0.05, 0) is 36.4 Å². The van der Waals surface area contributed by atoms with Gasteiger partial charge in [-0.25, -0.2) is 4.79 Å². The van der Waals surface area contributed by atoms with E-state index in [9.17, 15) is 9.90 Å². The Morgan fingerprint density at radius 2 is 2.00 bits per heavy atom. The summed E-state index contributed by atoms with van der Waals surface area (Å²) in [6.07, 6.45) is 3.60. The zero-order chi connectivity index (χ0) is 15.1. The van der Waals surface area contributed by atoms with Gasteiger partial charge in [-0.2, -0.15) is 0 Å². The van der Waals surface area contributed by atoms with E-state index in [1.807, 2.05) is 36.4 Å². The normalized spacial score (nSPS) is 12.9. The van der Waals surface area contributed by atoms with Gasteiger partial charge in [0.2, 0.25) is 0 Å². The molecule has 108 valence electrons. The maximum Gasteiger partial charge on any atom is 0.335 e. The van der Waals surface area contributed by atoms with Crippen LogP contribution in [0.3, 0.4) is 0 Å². The fourth-order valence-corrected chi connectivity index (χ4v) is 2.86. The summed E-state index contributed by atoms with van der Waals surface area (Å²) in [6.45, 7) is 0.635. The Hall–Kier alpha value is -3.01. The number of ether oxygens (including phenoxy) is 1. The molecule has 22 heavy (non-hydrogen) atoms. The third-order valence-electron chi connectivity index (χ3n) is 3.89. The minimum atomic E-state index is -0.914. The summed E-state index contributed by atoms with van der Waals surface area (Å²) in [5.41, 5.74) is 3.23. The number of hydrogen-bond donors (Lipinski definition) is 1. The van der Waals surface area contributed by atoms with Gasteiger partial charge in [0.25, 0.3) is 0 Å². The average Bonchev–Trinajstić information content (AvgIpc) is 2.86. The van der Waals surface area contributed by atoms with Crippen molar-refractivity contribution in [1.29, 1.82) is 0 Å². The molecule has 1 aliphatic rings. The zero-order valence-electron chi connectivity index (χ0n) is 11.7. The van der Waals surface area contributed by atoms with Crippen molar-refractivity contribution in [2.45, 2.75) is 6.54 Å². The van der Waals surface area contributed by atoms with Gasteiger partial charge in [0.1, 0.15) is 5.75 Å². The summed E-state index contributed by atoms with van der Waals surface area (Å²) in [5, 5.41) is 10.2. The number of aromatic carboxylic acids is 1. The number of hydrogen-bond acceptors (Lipinski definition) is 2. The first-order valence-electron chi connectivity index (χ1n) is 7.02. The molecule has 4 heteroatoms. The minimum absolute atomic E-state index is 0.295. The molecule has 0 atom stereocenters. The van der Waals surface area contributed by atoms with E-state index in [0.717, 1.165) is 27.9 Å². The molecule has 0 spiro atoms. The molecule has 0 bridgehead atoms. The first-order chi connectivity index (χ1) is 10.7. The van der Waals surface area contributed by atoms with Crippen LogP contribution in [0, 0.1) is 0 Å². The second-order valence-corrected chi connectivity index (χ2v) is 5.20. The molecule has 0 fully saturated rings. The van der Waals surface area contributed by atoms with Crippen LogP contribution in [0.4, 0.5) is 0 Å². The topological polar surface area (TPSA) is 51.5 Å². The van der Waals surface area contributed by atoms with Crippen LogP contribution in [0.2, 0.25) is 0 Å². The molecule has 0 saturated carbocycles. The minimum Gasteiger partial charge on any atom is -0.478 e. The Balaban J connectivity index is 2.04. The fraction of sp³-hybridized carbons (Fsp3) is 0.0556. The van der Waals surface area contributed by atoms with Crippen molar-refractivity contribution >= 4 is 16.9 Å². The van der Waals surface area contributed by atoms with E-state index >= 15 is 0 Å². The molecule has 4 rings (SSSR count). The van der Waals surface area contributed by atoms with Gasteiger partial charge in [0, 0.05) is 23.0 Å².